The minimum Gasteiger partial charge on any atom is -0.366 e. The quantitative estimate of drug-likeness (QED) is 0.439. The summed E-state index contributed by atoms with van der Waals surface area (Å²) in [4.78, 5) is 6.58. The van der Waals surface area contributed by atoms with Gasteiger partial charge in [-0.3, -0.25) is 0 Å². The lowest BCUT2D eigenvalue weighted by molar-refractivity contribution is 0.552. The lowest BCUT2D eigenvalue weighted by Crippen LogP contribution is -2.14. The van der Waals surface area contributed by atoms with Crippen LogP contribution in [0.5, 0.6) is 0 Å². The fourth-order valence-electron chi connectivity index (χ4n) is 1.71. The Kier molecular flexibility index (Phi) is 4.78. The van der Waals surface area contributed by atoms with E-state index in [0.29, 0.717) is 6.42 Å². The van der Waals surface area contributed by atoms with Gasteiger partial charge in [-0.15, -0.1) is 12.3 Å². The molecule has 17 heavy (non-hydrogen) atoms. The summed E-state index contributed by atoms with van der Waals surface area (Å²) in [6.45, 7) is 7.20. The van der Waals surface area contributed by atoms with Gasteiger partial charge >= 0.3 is 0 Å². The van der Waals surface area contributed by atoms with E-state index in [1.54, 1.807) is 0 Å². The zero-order valence-corrected chi connectivity index (χ0v) is 11.1. The van der Waals surface area contributed by atoms with E-state index in [-0.39, 0.29) is 0 Å². The fourth-order valence-corrected chi connectivity index (χ4v) is 1.71. The Hall–Kier alpha value is -1.75. The molecule has 0 aliphatic carbocycles. The van der Waals surface area contributed by atoms with Crippen molar-refractivity contribution in [1.29, 1.82) is 0 Å². The number of benzene rings is 1. The molecule has 0 radical (unpaired) electrons. The highest BCUT2D eigenvalue weighted by Gasteiger charge is 2.03. The lowest BCUT2D eigenvalue weighted by atomic mass is 10.0. The van der Waals surface area contributed by atoms with Crippen molar-refractivity contribution in [3.05, 3.63) is 28.8 Å². The molecule has 2 heteroatoms. The molecular weight excluding hydrogens is 208 g/mol. The first-order chi connectivity index (χ1) is 8.08. The van der Waals surface area contributed by atoms with Crippen molar-refractivity contribution in [2.24, 2.45) is 4.99 Å². The number of aryl methyl sites for hydroxylation is 2. The molecule has 0 unspecified atom stereocenters. The summed E-state index contributed by atoms with van der Waals surface area (Å²) >= 11 is 0. The van der Waals surface area contributed by atoms with Crippen molar-refractivity contribution in [2.75, 3.05) is 13.6 Å². The second kappa shape index (κ2) is 6.10. The minimum atomic E-state index is 0.681. The van der Waals surface area contributed by atoms with Gasteiger partial charge in [-0.05, 0) is 37.5 Å². The summed E-state index contributed by atoms with van der Waals surface area (Å²) in [7, 11) is 2.01. The van der Waals surface area contributed by atoms with Gasteiger partial charge in [-0.25, -0.2) is 4.99 Å². The van der Waals surface area contributed by atoms with Crippen molar-refractivity contribution >= 4 is 12.0 Å². The summed E-state index contributed by atoms with van der Waals surface area (Å²) in [6, 6.07) is 4.23. The van der Waals surface area contributed by atoms with E-state index in [1.165, 1.54) is 16.7 Å². The van der Waals surface area contributed by atoms with E-state index < -0.39 is 0 Å². The van der Waals surface area contributed by atoms with Crippen LogP contribution in [0.15, 0.2) is 17.1 Å². The summed E-state index contributed by atoms with van der Waals surface area (Å²) in [5.41, 5.74) is 4.59. The molecule has 0 bridgehead atoms. The third-order valence-corrected chi connectivity index (χ3v) is 2.74. The van der Waals surface area contributed by atoms with E-state index in [0.717, 1.165) is 12.2 Å². The second-order valence-electron chi connectivity index (χ2n) is 4.28. The zero-order chi connectivity index (χ0) is 12.8. The van der Waals surface area contributed by atoms with E-state index in [4.69, 9.17) is 6.42 Å². The topological polar surface area (TPSA) is 15.6 Å². The van der Waals surface area contributed by atoms with Gasteiger partial charge in [0.1, 0.15) is 0 Å². The van der Waals surface area contributed by atoms with Crippen molar-refractivity contribution in [1.82, 2.24) is 4.90 Å². The minimum absolute atomic E-state index is 0.681. The van der Waals surface area contributed by atoms with Gasteiger partial charge < -0.3 is 4.90 Å². The Morgan fingerprint density at radius 1 is 1.35 bits per heavy atom. The molecule has 0 fully saturated rings. The van der Waals surface area contributed by atoms with Crippen LogP contribution in [0.4, 0.5) is 5.69 Å². The molecule has 2 nitrogen and oxygen atoms in total. The molecule has 0 aromatic heterocycles. The highest BCUT2D eigenvalue weighted by atomic mass is 15.1. The molecule has 0 atom stereocenters. The van der Waals surface area contributed by atoms with Gasteiger partial charge in [0.2, 0.25) is 0 Å². The summed E-state index contributed by atoms with van der Waals surface area (Å²) in [5, 5.41) is 0. The highest BCUT2D eigenvalue weighted by molar-refractivity contribution is 5.65. The van der Waals surface area contributed by atoms with Crippen molar-refractivity contribution < 1.29 is 0 Å². The number of hydrogen-bond acceptors (Lipinski definition) is 1. The molecule has 1 aromatic rings. The van der Waals surface area contributed by atoms with E-state index in [1.807, 2.05) is 18.3 Å². The maximum Gasteiger partial charge on any atom is 0.0909 e. The number of terminal acetylenes is 1. The molecule has 0 heterocycles. The smallest absolute Gasteiger partial charge is 0.0909 e. The van der Waals surface area contributed by atoms with Gasteiger partial charge in [0.05, 0.1) is 12.0 Å². The van der Waals surface area contributed by atoms with Crippen molar-refractivity contribution in [2.45, 2.75) is 27.2 Å². The number of nitrogens with zero attached hydrogens (tertiary/aromatic N) is 2. The molecule has 0 aliphatic heterocycles. The number of aliphatic imine (C=N–C) groups is 1. The van der Waals surface area contributed by atoms with Gasteiger partial charge in [-0.2, -0.15) is 0 Å². The zero-order valence-electron chi connectivity index (χ0n) is 11.1. The standard InChI is InChI=1S/C15H20N2/c1-6-8-14-9-12(3)15(13(4)10-14)16-11-17(5)7-2/h1,9-11H,7-8H2,2-5H3/b16-11+. The summed E-state index contributed by atoms with van der Waals surface area (Å²) in [5.74, 6) is 2.67. The van der Waals surface area contributed by atoms with Crippen LogP contribution >= 0.6 is 0 Å². The molecule has 0 saturated carbocycles. The number of rotatable bonds is 4. The molecule has 90 valence electrons. The van der Waals surface area contributed by atoms with Crippen LogP contribution in [0.1, 0.15) is 23.6 Å². The van der Waals surface area contributed by atoms with Crippen LogP contribution in [-0.4, -0.2) is 24.8 Å². The molecular formula is C15H20N2. The molecule has 0 amide bonds. The Bertz CT molecular complexity index is 429. The predicted octanol–water partition coefficient (Wildman–Crippen LogP) is 3.09. The van der Waals surface area contributed by atoms with Gasteiger partial charge in [0, 0.05) is 20.0 Å². The normalized spacial score (nSPS) is 10.5. The van der Waals surface area contributed by atoms with Crippen LogP contribution in [0.25, 0.3) is 0 Å². The Labute approximate surface area is 104 Å². The van der Waals surface area contributed by atoms with Crippen LogP contribution in [0, 0.1) is 26.2 Å². The largest absolute Gasteiger partial charge is 0.366 e. The van der Waals surface area contributed by atoms with Gasteiger partial charge in [-0.1, -0.05) is 12.1 Å². The Balaban J connectivity index is 3.02. The Morgan fingerprint density at radius 3 is 2.41 bits per heavy atom. The third-order valence-electron chi connectivity index (χ3n) is 2.74. The molecule has 0 spiro atoms. The third kappa shape index (κ3) is 3.64. The fraction of sp³-hybridized carbons (Fsp3) is 0.400. The first kappa shape index (κ1) is 13.3. The molecule has 1 rings (SSSR count). The maximum atomic E-state index is 5.33. The summed E-state index contributed by atoms with van der Waals surface area (Å²) < 4.78 is 0. The first-order valence-electron chi connectivity index (χ1n) is 5.86. The SMILES string of the molecule is C#CCc1cc(C)c(/N=C/N(C)CC)c(C)c1. The highest BCUT2D eigenvalue weighted by Crippen LogP contribution is 2.25. The average Bonchev–Trinajstić information content (AvgIpc) is 2.28. The predicted molar refractivity (Wildman–Crippen MR) is 74.9 cm³/mol. The first-order valence-corrected chi connectivity index (χ1v) is 5.86. The average molecular weight is 228 g/mol. The molecule has 1 aromatic carbocycles. The van der Waals surface area contributed by atoms with E-state index in [2.05, 4.69) is 43.8 Å². The van der Waals surface area contributed by atoms with Gasteiger partial charge in [0.25, 0.3) is 0 Å². The van der Waals surface area contributed by atoms with Crippen LogP contribution in [-0.2, 0) is 6.42 Å². The lowest BCUT2D eigenvalue weighted by Gasteiger charge is -2.11. The summed E-state index contributed by atoms with van der Waals surface area (Å²) in [6.07, 6.45) is 7.88. The van der Waals surface area contributed by atoms with Crippen LogP contribution < -0.4 is 0 Å². The van der Waals surface area contributed by atoms with Crippen LogP contribution in [0.2, 0.25) is 0 Å². The Morgan fingerprint density at radius 2 is 1.94 bits per heavy atom. The van der Waals surface area contributed by atoms with Crippen molar-refractivity contribution in [3.8, 4) is 12.3 Å². The molecule has 0 N–H and O–H groups in total. The maximum absolute atomic E-state index is 5.33. The monoisotopic (exact) mass is 228 g/mol. The molecule has 0 saturated heterocycles. The van der Waals surface area contributed by atoms with Crippen LogP contribution in [0.3, 0.4) is 0 Å². The van der Waals surface area contributed by atoms with Crippen molar-refractivity contribution in [3.63, 3.8) is 0 Å². The van der Waals surface area contributed by atoms with E-state index >= 15 is 0 Å². The molecule has 0 aliphatic rings. The van der Waals surface area contributed by atoms with Gasteiger partial charge in [0.15, 0.2) is 0 Å². The number of hydrogen-bond donors (Lipinski definition) is 0. The van der Waals surface area contributed by atoms with E-state index in [9.17, 15) is 0 Å². The second-order valence-corrected chi connectivity index (χ2v) is 4.28.